The minimum atomic E-state index is -3.97. The third-order valence-electron chi connectivity index (χ3n) is 3.05. The molecule has 0 radical (unpaired) electrons. The average Bonchev–Trinajstić information content (AvgIpc) is 2.25. The van der Waals surface area contributed by atoms with E-state index in [2.05, 4.69) is 5.32 Å². The Morgan fingerprint density at radius 3 is 2.42 bits per heavy atom. The van der Waals surface area contributed by atoms with E-state index < -0.39 is 12.1 Å². The van der Waals surface area contributed by atoms with Gasteiger partial charge in [-0.3, -0.25) is 0 Å². The lowest BCUT2D eigenvalue weighted by Crippen LogP contribution is -2.34. The maximum Gasteiger partial charge on any atom is 0.392 e. The summed E-state index contributed by atoms with van der Waals surface area (Å²) >= 11 is 0. The second-order valence-corrected chi connectivity index (χ2v) is 3.90. The Bertz CT molecular complexity index is 178. The molecule has 3 atom stereocenters. The second-order valence-electron chi connectivity index (χ2n) is 3.90. The molecule has 1 aliphatic heterocycles. The highest BCUT2D eigenvalue weighted by molar-refractivity contribution is 4.92. The van der Waals surface area contributed by atoms with E-state index in [1.54, 1.807) is 0 Å². The molecule has 1 heterocycles. The first-order valence-corrected chi connectivity index (χ1v) is 4.35. The molecule has 1 aliphatic carbocycles. The Morgan fingerprint density at radius 1 is 1.08 bits per heavy atom. The second kappa shape index (κ2) is 2.62. The van der Waals surface area contributed by atoms with Gasteiger partial charge in [0.1, 0.15) is 0 Å². The van der Waals surface area contributed by atoms with Crippen LogP contribution < -0.4 is 5.32 Å². The van der Waals surface area contributed by atoms with E-state index in [1.807, 2.05) is 0 Å². The number of fused-ring (bicyclic) bond motifs is 2. The lowest BCUT2D eigenvalue weighted by Gasteiger charge is -2.23. The van der Waals surface area contributed by atoms with Gasteiger partial charge in [-0.05, 0) is 37.8 Å². The summed E-state index contributed by atoms with van der Waals surface area (Å²) in [6.07, 6.45) is -2.84. The zero-order chi connectivity index (χ0) is 8.77. The molecule has 0 aromatic carbocycles. The van der Waals surface area contributed by atoms with Crippen LogP contribution in [0.1, 0.15) is 12.8 Å². The highest BCUT2D eigenvalue weighted by Crippen LogP contribution is 2.46. The summed E-state index contributed by atoms with van der Waals surface area (Å²) in [6.45, 7) is 1.34. The van der Waals surface area contributed by atoms with E-state index in [0.717, 1.165) is 13.0 Å². The first-order valence-electron chi connectivity index (χ1n) is 4.35. The highest BCUT2D eigenvalue weighted by Gasteiger charge is 2.50. The summed E-state index contributed by atoms with van der Waals surface area (Å²) < 4.78 is 37.1. The minimum absolute atomic E-state index is 0.149. The molecule has 0 aromatic rings. The van der Waals surface area contributed by atoms with Crippen molar-refractivity contribution in [2.75, 3.05) is 13.1 Å². The van der Waals surface area contributed by atoms with Gasteiger partial charge in [-0.2, -0.15) is 13.2 Å². The highest BCUT2D eigenvalue weighted by atomic mass is 19.4. The van der Waals surface area contributed by atoms with E-state index in [4.69, 9.17) is 0 Å². The van der Waals surface area contributed by atoms with Gasteiger partial charge in [0.15, 0.2) is 0 Å². The Kier molecular flexibility index (Phi) is 1.82. The summed E-state index contributed by atoms with van der Waals surface area (Å²) in [5.74, 6) is -0.906. The van der Waals surface area contributed by atoms with E-state index >= 15 is 0 Å². The number of hydrogen-bond donors (Lipinski definition) is 1. The molecule has 0 spiro atoms. The zero-order valence-corrected chi connectivity index (χ0v) is 6.69. The molecule has 2 bridgehead atoms. The largest absolute Gasteiger partial charge is 0.392 e. The van der Waals surface area contributed by atoms with Crippen molar-refractivity contribution in [2.45, 2.75) is 19.0 Å². The summed E-state index contributed by atoms with van der Waals surface area (Å²) in [7, 11) is 0. The van der Waals surface area contributed by atoms with E-state index in [9.17, 15) is 13.2 Å². The molecule has 12 heavy (non-hydrogen) atoms. The molecule has 70 valence electrons. The van der Waals surface area contributed by atoms with Gasteiger partial charge in [-0.1, -0.05) is 0 Å². The molecule has 1 nitrogen and oxygen atoms in total. The van der Waals surface area contributed by atoms with Crippen LogP contribution in [0.4, 0.5) is 13.2 Å². The maximum absolute atomic E-state index is 12.4. The maximum atomic E-state index is 12.4. The predicted octanol–water partition coefficient (Wildman–Crippen LogP) is 1.79. The van der Waals surface area contributed by atoms with Crippen LogP contribution in [-0.2, 0) is 0 Å². The summed E-state index contributed by atoms with van der Waals surface area (Å²) in [5.41, 5.74) is 0. The van der Waals surface area contributed by atoms with Gasteiger partial charge in [0.05, 0.1) is 5.92 Å². The first kappa shape index (κ1) is 8.35. The first-order chi connectivity index (χ1) is 5.57. The van der Waals surface area contributed by atoms with Crippen LogP contribution >= 0.6 is 0 Å². The SMILES string of the molecule is FC(F)(F)C1CC2CNCC1C2. The third-order valence-corrected chi connectivity index (χ3v) is 3.05. The number of nitrogens with one attached hydrogen (secondary N) is 1. The van der Waals surface area contributed by atoms with Crippen LogP contribution in [0.3, 0.4) is 0 Å². The molecular formula is C8H12F3N. The van der Waals surface area contributed by atoms with Crippen molar-refractivity contribution in [2.24, 2.45) is 17.8 Å². The molecule has 2 fully saturated rings. The molecule has 0 aromatic heterocycles. The molecular weight excluding hydrogens is 167 g/mol. The summed E-state index contributed by atoms with van der Waals surface area (Å²) in [5, 5.41) is 3.05. The number of rotatable bonds is 0. The molecule has 1 saturated heterocycles. The Morgan fingerprint density at radius 2 is 1.83 bits per heavy atom. The van der Waals surface area contributed by atoms with Gasteiger partial charge in [0.25, 0.3) is 0 Å². The molecule has 2 aliphatic rings. The van der Waals surface area contributed by atoms with Crippen molar-refractivity contribution in [3.05, 3.63) is 0 Å². The molecule has 0 amide bonds. The van der Waals surface area contributed by atoms with Crippen molar-refractivity contribution >= 4 is 0 Å². The number of hydrogen-bond acceptors (Lipinski definition) is 1. The lowest BCUT2D eigenvalue weighted by atomic mass is 9.95. The topological polar surface area (TPSA) is 12.0 Å². The molecule has 3 unspecified atom stereocenters. The van der Waals surface area contributed by atoms with Crippen molar-refractivity contribution in [1.82, 2.24) is 5.32 Å². The Labute approximate surface area is 69.3 Å². The van der Waals surface area contributed by atoms with Gasteiger partial charge >= 0.3 is 6.18 Å². The Hall–Kier alpha value is -0.250. The average molecular weight is 179 g/mol. The minimum Gasteiger partial charge on any atom is -0.316 e. The van der Waals surface area contributed by atoms with Crippen molar-refractivity contribution in [3.8, 4) is 0 Å². The number of alkyl halides is 3. The molecule has 4 heteroatoms. The molecule has 1 N–H and O–H groups in total. The van der Waals surface area contributed by atoms with Gasteiger partial charge < -0.3 is 5.32 Å². The van der Waals surface area contributed by atoms with Gasteiger partial charge in [-0.15, -0.1) is 0 Å². The van der Waals surface area contributed by atoms with Gasteiger partial charge in [0.2, 0.25) is 0 Å². The summed E-state index contributed by atoms with van der Waals surface area (Å²) in [4.78, 5) is 0. The fourth-order valence-electron chi connectivity index (χ4n) is 2.51. The monoisotopic (exact) mass is 179 g/mol. The van der Waals surface area contributed by atoms with Crippen LogP contribution in [0.5, 0.6) is 0 Å². The molecule has 1 saturated carbocycles. The van der Waals surface area contributed by atoms with Crippen LogP contribution in [0.2, 0.25) is 0 Å². The molecule has 2 rings (SSSR count). The van der Waals surface area contributed by atoms with Crippen LogP contribution in [0.25, 0.3) is 0 Å². The number of halogens is 3. The van der Waals surface area contributed by atoms with Gasteiger partial charge in [0, 0.05) is 0 Å². The van der Waals surface area contributed by atoms with Crippen molar-refractivity contribution in [1.29, 1.82) is 0 Å². The number of piperidine rings is 1. The third kappa shape index (κ3) is 1.32. The normalized spacial score (nSPS) is 41.8. The smallest absolute Gasteiger partial charge is 0.316 e. The standard InChI is InChI=1S/C8H12F3N/c9-8(10,11)7-2-5-1-6(7)4-12-3-5/h5-7,12H,1-4H2. The van der Waals surface area contributed by atoms with Crippen LogP contribution in [0.15, 0.2) is 0 Å². The van der Waals surface area contributed by atoms with Crippen LogP contribution in [-0.4, -0.2) is 19.3 Å². The Balaban J connectivity index is 2.09. The van der Waals surface area contributed by atoms with Crippen molar-refractivity contribution < 1.29 is 13.2 Å². The van der Waals surface area contributed by atoms with E-state index in [-0.39, 0.29) is 11.8 Å². The van der Waals surface area contributed by atoms with Gasteiger partial charge in [-0.25, -0.2) is 0 Å². The fraction of sp³-hybridized carbons (Fsp3) is 1.00. The van der Waals surface area contributed by atoms with Crippen molar-refractivity contribution in [3.63, 3.8) is 0 Å². The van der Waals surface area contributed by atoms with Crippen LogP contribution in [0, 0.1) is 17.8 Å². The van der Waals surface area contributed by atoms with E-state index in [1.165, 1.54) is 0 Å². The quantitative estimate of drug-likeness (QED) is 0.597. The lowest BCUT2D eigenvalue weighted by molar-refractivity contribution is -0.182. The zero-order valence-electron chi connectivity index (χ0n) is 6.69. The van der Waals surface area contributed by atoms with E-state index in [0.29, 0.717) is 13.0 Å². The predicted molar refractivity (Wildman–Crippen MR) is 38.6 cm³/mol. The summed E-state index contributed by atoms with van der Waals surface area (Å²) in [6, 6.07) is 0. The fourth-order valence-corrected chi connectivity index (χ4v) is 2.51.